The third-order valence-electron chi connectivity index (χ3n) is 3.56. The van der Waals surface area contributed by atoms with Crippen molar-refractivity contribution in [2.45, 2.75) is 90.9 Å². The molecular formula is C20H36O8. The van der Waals surface area contributed by atoms with E-state index >= 15 is 0 Å². The number of hydrogen-bond acceptors (Lipinski definition) is 6. The first-order chi connectivity index (χ1) is 13.3. The van der Waals surface area contributed by atoms with E-state index in [4.69, 9.17) is 19.7 Å². The molecule has 0 rings (SSSR count). The smallest absolute Gasteiger partial charge is 0.305 e. The van der Waals surface area contributed by atoms with Crippen LogP contribution in [0.1, 0.15) is 90.9 Å². The van der Waals surface area contributed by atoms with Crippen molar-refractivity contribution in [1.82, 2.24) is 0 Å². The number of carboxylic acids is 2. The molecule has 0 saturated carbocycles. The van der Waals surface area contributed by atoms with Crippen LogP contribution >= 0.6 is 0 Å². The summed E-state index contributed by atoms with van der Waals surface area (Å²) in [5.41, 5.74) is 0. The van der Waals surface area contributed by atoms with Crippen molar-refractivity contribution in [1.29, 1.82) is 0 Å². The summed E-state index contributed by atoms with van der Waals surface area (Å²) < 4.78 is 10.0. The van der Waals surface area contributed by atoms with E-state index < -0.39 is 11.9 Å². The summed E-state index contributed by atoms with van der Waals surface area (Å²) in [6.45, 7) is 5.12. The molecule has 0 fully saturated rings. The molecule has 0 saturated heterocycles. The Morgan fingerprint density at radius 1 is 0.571 bits per heavy atom. The lowest BCUT2D eigenvalue weighted by atomic mass is 10.2. The maximum Gasteiger partial charge on any atom is 0.305 e. The van der Waals surface area contributed by atoms with Crippen LogP contribution in [-0.4, -0.2) is 47.3 Å². The van der Waals surface area contributed by atoms with Gasteiger partial charge in [-0.25, -0.2) is 0 Å². The van der Waals surface area contributed by atoms with Crippen molar-refractivity contribution in [2.75, 3.05) is 13.2 Å². The molecule has 28 heavy (non-hydrogen) atoms. The summed E-state index contributed by atoms with van der Waals surface area (Å²) in [6, 6.07) is 0. The van der Waals surface area contributed by atoms with Crippen molar-refractivity contribution in [3.8, 4) is 0 Å². The molecule has 0 spiro atoms. The average molecular weight is 405 g/mol. The summed E-state index contributed by atoms with van der Waals surface area (Å²) >= 11 is 0. The highest BCUT2D eigenvalue weighted by Gasteiger charge is 2.05. The second-order valence-corrected chi connectivity index (χ2v) is 6.35. The molecule has 0 aliphatic carbocycles. The summed E-state index contributed by atoms with van der Waals surface area (Å²) in [6.07, 6.45) is 7.06. The Bertz CT molecular complexity index is 394. The van der Waals surface area contributed by atoms with Gasteiger partial charge in [-0.3, -0.25) is 19.2 Å². The van der Waals surface area contributed by atoms with Crippen LogP contribution < -0.4 is 0 Å². The zero-order valence-corrected chi connectivity index (χ0v) is 17.2. The van der Waals surface area contributed by atoms with Crippen LogP contribution in [0.3, 0.4) is 0 Å². The minimum atomic E-state index is -0.870. The highest BCUT2D eigenvalue weighted by molar-refractivity contribution is 5.70. The zero-order valence-electron chi connectivity index (χ0n) is 17.2. The number of esters is 2. The molecule has 0 radical (unpaired) electrons. The first-order valence-electron chi connectivity index (χ1n) is 10.1. The van der Waals surface area contributed by atoms with E-state index in [0.717, 1.165) is 25.7 Å². The third kappa shape index (κ3) is 26.1. The largest absolute Gasteiger partial charge is 0.481 e. The molecule has 8 heteroatoms. The SMILES string of the molecule is CCCCOC(=O)CCCCC(=O)OCCCC.O=C(O)CCCCC(=O)O. The molecule has 0 amide bonds. The fourth-order valence-corrected chi connectivity index (χ4v) is 1.90. The number of carboxylic acid groups (broad SMARTS) is 2. The first-order valence-corrected chi connectivity index (χ1v) is 10.1. The van der Waals surface area contributed by atoms with Crippen molar-refractivity contribution in [2.24, 2.45) is 0 Å². The van der Waals surface area contributed by atoms with Gasteiger partial charge in [-0.15, -0.1) is 0 Å². The fraction of sp³-hybridized carbons (Fsp3) is 0.800. The van der Waals surface area contributed by atoms with Crippen molar-refractivity contribution in [3.05, 3.63) is 0 Å². The van der Waals surface area contributed by atoms with Gasteiger partial charge in [0.05, 0.1) is 13.2 Å². The third-order valence-corrected chi connectivity index (χ3v) is 3.56. The molecule has 2 N–H and O–H groups in total. The highest BCUT2D eigenvalue weighted by atomic mass is 16.5. The van der Waals surface area contributed by atoms with Crippen molar-refractivity contribution >= 4 is 23.9 Å². The molecule has 8 nitrogen and oxygen atoms in total. The van der Waals surface area contributed by atoms with Gasteiger partial charge in [-0.05, 0) is 38.5 Å². The molecule has 0 aromatic rings. The van der Waals surface area contributed by atoms with Gasteiger partial charge in [0.1, 0.15) is 0 Å². The molecule has 0 aromatic heterocycles. The summed E-state index contributed by atoms with van der Waals surface area (Å²) in [7, 11) is 0. The fourth-order valence-electron chi connectivity index (χ4n) is 1.90. The predicted octanol–water partition coefficient (Wildman–Crippen LogP) is 3.95. The van der Waals surface area contributed by atoms with Crippen LogP contribution in [-0.2, 0) is 28.7 Å². The van der Waals surface area contributed by atoms with E-state index in [1.165, 1.54) is 0 Å². The normalized spacial score (nSPS) is 9.79. The standard InChI is InChI=1S/C14H26O4.C6H10O4/c1-3-5-11-17-13(15)9-7-8-10-14(16)18-12-6-4-2;7-5(8)3-1-2-4-6(9)10/h3-12H2,1-2H3;1-4H2,(H,7,8)(H,9,10). The topological polar surface area (TPSA) is 127 Å². The highest BCUT2D eigenvalue weighted by Crippen LogP contribution is 2.04. The monoisotopic (exact) mass is 404 g/mol. The van der Waals surface area contributed by atoms with E-state index in [1.54, 1.807) is 0 Å². The van der Waals surface area contributed by atoms with E-state index in [0.29, 0.717) is 51.7 Å². The number of ether oxygens (including phenoxy) is 2. The average Bonchev–Trinajstić information content (AvgIpc) is 2.63. The summed E-state index contributed by atoms with van der Waals surface area (Å²) in [5.74, 6) is -2.07. The summed E-state index contributed by atoms with van der Waals surface area (Å²) in [5, 5.41) is 16.3. The number of aliphatic carboxylic acids is 2. The van der Waals surface area contributed by atoms with Crippen LogP contribution in [0.25, 0.3) is 0 Å². The lowest BCUT2D eigenvalue weighted by Crippen LogP contribution is -2.07. The Labute approximate surface area is 167 Å². The van der Waals surface area contributed by atoms with Crippen LogP contribution in [0.2, 0.25) is 0 Å². The van der Waals surface area contributed by atoms with Gasteiger partial charge >= 0.3 is 23.9 Å². The Balaban J connectivity index is 0. The number of carbonyl (C=O) groups excluding carboxylic acids is 2. The van der Waals surface area contributed by atoms with Gasteiger partial charge in [0, 0.05) is 25.7 Å². The Morgan fingerprint density at radius 2 is 0.893 bits per heavy atom. The van der Waals surface area contributed by atoms with Gasteiger partial charge in [0.15, 0.2) is 0 Å². The second kappa shape index (κ2) is 21.2. The Morgan fingerprint density at radius 3 is 1.18 bits per heavy atom. The van der Waals surface area contributed by atoms with Crippen LogP contribution in [0.15, 0.2) is 0 Å². The maximum atomic E-state index is 11.2. The lowest BCUT2D eigenvalue weighted by molar-refractivity contribution is -0.146. The van der Waals surface area contributed by atoms with Crippen LogP contribution in [0.5, 0.6) is 0 Å². The summed E-state index contributed by atoms with van der Waals surface area (Å²) in [4.78, 5) is 42.3. The van der Waals surface area contributed by atoms with Crippen LogP contribution in [0.4, 0.5) is 0 Å². The molecule has 0 atom stereocenters. The quantitative estimate of drug-likeness (QED) is 0.292. The predicted molar refractivity (Wildman–Crippen MR) is 104 cm³/mol. The lowest BCUT2D eigenvalue weighted by Gasteiger charge is -2.04. The van der Waals surface area contributed by atoms with Crippen molar-refractivity contribution < 1.29 is 38.9 Å². The van der Waals surface area contributed by atoms with E-state index in [1.807, 2.05) is 0 Å². The Kier molecular flexibility index (Phi) is 21.3. The van der Waals surface area contributed by atoms with E-state index in [-0.39, 0.29) is 24.8 Å². The molecule has 0 unspecified atom stereocenters. The van der Waals surface area contributed by atoms with E-state index in [9.17, 15) is 19.2 Å². The number of rotatable bonds is 16. The molecule has 0 bridgehead atoms. The minimum Gasteiger partial charge on any atom is -0.481 e. The molecule has 0 heterocycles. The van der Waals surface area contributed by atoms with E-state index in [2.05, 4.69) is 13.8 Å². The number of carbonyl (C=O) groups is 4. The Hall–Kier alpha value is -2.12. The molecule has 0 aliphatic heterocycles. The molecule has 0 aliphatic rings. The van der Waals surface area contributed by atoms with Gasteiger partial charge in [0.2, 0.25) is 0 Å². The van der Waals surface area contributed by atoms with Gasteiger partial charge < -0.3 is 19.7 Å². The van der Waals surface area contributed by atoms with Crippen LogP contribution in [0, 0.1) is 0 Å². The minimum absolute atomic E-state index is 0.0628. The maximum absolute atomic E-state index is 11.2. The second-order valence-electron chi connectivity index (χ2n) is 6.35. The van der Waals surface area contributed by atoms with Gasteiger partial charge in [-0.1, -0.05) is 26.7 Å². The molecule has 0 aromatic carbocycles. The molecular weight excluding hydrogens is 368 g/mol. The first kappa shape index (κ1) is 28.1. The van der Waals surface area contributed by atoms with Crippen molar-refractivity contribution in [3.63, 3.8) is 0 Å². The van der Waals surface area contributed by atoms with Gasteiger partial charge in [0.25, 0.3) is 0 Å². The zero-order chi connectivity index (χ0) is 21.6. The van der Waals surface area contributed by atoms with Gasteiger partial charge in [-0.2, -0.15) is 0 Å². The number of unbranched alkanes of at least 4 members (excludes halogenated alkanes) is 4. The number of hydrogen-bond donors (Lipinski definition) is 2. The molecule has 164 valence electrons.